The highest BCUT2D eigenvalue weighted by Crippen LogP contribution is 2.20. The lowest BCUT2D eigenvalue weighted by Crippen LogP contribution is -1.99. The Kier molecular flexibility index (Phi) is 4.79. The van der Waals surface area contributed by atoms with Crippen molar-refractivity contribution in [2.75, 3.05) is 12.5 Å². The molecule has 0 radical (unpaired) electrons. The first-order valence-corrected chi connectivity index (χ1v) is 6.30. The van der Waals surface area contributed by atoms with Gasteiger partial charge in [0.15, 0.2) is 0 Å². The molecule has 1 aromatic carbocycles. The van der Waals surface area contributed by atoms with Crippen LogP contribution < -0.4 is 4.74 Å². The molecule has 0 fully saturated rings. The Morgan fingerprint density at radius 2 is 1.89 bits per heavy atom. The van der Waals surface area contributed by atoms with E-state index in [4.69, 9.17) is 16.3 Å². The van der Waals surface area contributed by atoms with E-state index in [1.807, 2.05) is 54.6 Å². The molecule has 0 unspecified atom stereocenters. The minimum Gasteiger partial charge on any atom is -0.492 e. The summed E-state index contributed by atoms with van der Waals surface area (Å²) in [6, 6.07) is 13.7. The highest BCUT2D eigenvalue weighted by atomic mass is 35.5. The lowest BCUT2D eigenvalue weighted by atomic mass is 10.1. The third-order valence-corrected chi connectivity index (χ3v) is 2.53. The molecule has 0 spiro atoms. The van der Waals surface area contributed by atoms with Gasteiger partial charge in [0.05, 0.1) is 11.6 Å². The Balaban J connectivity index is 2.15. The van der Waals surface area contributed by atoms with E-state index in [0.29, 0.717) is 12.5 Å². The molecule has 2 aromatic rings. The summed E-state index contributed by atoms with van der Waals surface area (Å²) in [6.45, 7) is 0.510. The van der Waals surface area contributed by atoms with Gasteiger partial charge in [-0.1, -0.05) is 24.3 Å². The number of aromatic nitrogens is 1. The molecule has 0 N–H and O–H groups in total. The molecule has 0 atom stereocenters. The van der Waals surface area contributed by atoms with E-state index >= 15 is 0 Å². The van der Waals surface area contributed by atoms with Crippen molar-refractivity contribution in [3.05, 3.63) is 59.9 Å². The number of nitrogens with zero attached hydrogens (tertiary/aromatic N) is 1. The van der Waals surface area contributed by atoms with Crippen molar-refractivity contribution in [1.29, 1.82) is 0 Å². The SMILES string of the molecule is ClCCOc1ccccc1C=Cc1ccccn1. The van der Waals surface area contributed by atoms with E-state index < -0.39 is 0 Å². The first-order valence-electron chi connectivity index (χ1n) is 5.77. The van der Waals surface area contributed by atoms with Crippen LogP contribution in [0.25, 0.3) is 12.2 Å². The largest absolute Gasteiger partial charge is 0.492 e. The number of para-hydroxylation sites is 1. The summed E-state index contributed by atoms with van der Waals surface area (Å²) in [4.78, 5) is 4.24. The number of hydrogen-bond acceptors (Lipinski definition) is 2. The second kappa shape index (κ2) is 6.82. The number of benzene rings is 1. The smallest absolute Gasteiger partial charge is 0.126 e. The van der Waals surface area contributed by atoms with Crippen LogP contribution in [0.5, 0.6) is 5.75 Å². The normalized spacial score (nSPS) is 10.7. The van der Waals surface area contributed by atoms with E-state index in [1.54, 1.807) is 6.20 Å². The average Bonchev–Trinajstić information content (AvgIpc) is 2.45. The van der Waals surface area contributed by atoms with Gasteiger partial charge >= 0.3 is 0 Å². The van der Waals surface area contributed by atoms with Crippen molar-refractivity contribution in [3.63, 3.8) is 0 Å². The van der Waals surface area contributed by atoms with E-state index in [2.05, 4.69) is 4.98 Å². The first-order chi connectivity index (χ1) is 8.90. The van der Waals surface area contributed by atoms with Gasteiger partial charge in [-0.25, -0.2) is 0 Å². The van der Waals surface area contributed by atoms with Crippen molar-refractivity contribution in [1.82, 2.24) is 4.98 Å². The Labute approximate surface area is 112 Å². The molecule has 0 saturated carbocycles. The van der Waals surface area contributed by atoms with Crippen LogP contribution >= 0.6 is 11.6 Å². The summed E-state index contributed by atoms with van der Waals surface area (Å²) in [5.74, 6) is 1.32. The van der Waals surface area contributed by atoms with Crippen LogP contribution in [0.1, 0.15) is 11.3 Å². The summed E-state index contributed by atoms with van der Waals surface area (Å²) in [5.41, 5.74) is 1.94. The number of rotatable bonds is 5. The van der Waals surface area contributed by atoms with Crippen molar-refractivity contribution in [2.24, 2.45) is 0 Å². The second-order valence-electron chi connectivity index (χ2n) is 3.66. The number of halogens is 1. The predicted octanol–water partition coefficient (Wildman–Crippen LogP) is 3.87. The fourth-order valence-electron chi connectivity index (χ4n) is 1.55. The highest BCUT2D eigenvalue weighted by Gasteiger charge is 1.98. The molecular formula is C15H14ClNO. The number of hydrogen-bond donors (Lipinski definition) is 0. The van der Waals surface area contributed by atoms with Crippen LogP contribution in [0.3, 0.4) is 0 Å². The molecule has 0 aliphatic carbocycles. The molecule has 92 valence electrons. The molecule has 2 rings (SSSR count). The zero-order valence-electron chi connectivity index (χ0n) is 9.92. The molecule has 2 nitrogen and oxygen atoms in total. The number of ether oxygens (including phenoxy) is 1. The third kappa shape index (κ3) is 3.60. The molecule has 1 heterocycles. The standard InChI is InChI=1S/C15H14ClNO/c16-10-12-18-15-7-2-1-5-13(15)8-9-14-6-3-4-11-17-14/h1-9,11H,10,12H2. The fraction of sp³-hybridized carbons (Fsp3) is 0.133. The Morgan fingerprint density at radius 1 is 1.06 bits per heavy atom. The van der Waals surface area contributed by atoms with Crippen LogP contribution in [-0.4, -0.2) is 17.5 Å². The maximum absolute atomic E-state index is 5.62. The molecule has 0 aliphatic rings. The summed E-state index contributed by atoms with van der Waals surface area (Å²) in [5, 5.41) is 0. The summed E-state index contributed by atoms with van der Waals surface area (Å²) in [6.07, 6.45) is 5.73. The zero-order valence-corrected chi connectivity index (χ0v) is 10.7. The molecule has 1 aromatic heterocycles. The maximum atomic E-state index is 5.62. The van der Waals surface area contributed by atoms with E-state index in [-0.39, 0.29) is 0 Å². The lowest BCUT2D eigenvalue weighted by Gasteiger charge is -2.07. The summed E-state index contributed by atoms with van der Waals surface area (Å²) >= 11 is 5.62. The first kappa shape index (κ1) is 12.7. The Hall–Kier alpha value is -1.80. The summed E-state index contributed by atoms with van der Waals surface area (Å²) < 4.78 is 5.57. The van der Waals surface area contributed by atoms with E-state index in [0.717, 1.165) is 17.0 Å². The van der Waals surface area contributed by atoms with Gasteiger partial charge < -0.3 is 4.74 Å². The van der Waals surface area contributed by atoms with Crippen molar-refractivity contribution in [3.8, 4) is 5.75 Å². The quantitative estimate of drug-likeness (QED) is 0.761. The van der Waals surface area contributed by atoms with E-state index in [1.165, 1.54) is 0 Å². The molecular weight excluding hydrogens is 246 g/mol. The van der Waals surface area contributed by atoms with E-state index in [9.17, 15) is 0 Å². The maximum Gasteiger partial charge on any atom is 0.126 e. The van der Waals surface area contributed by atoms with Gasteiger partial charge in [0.25, 0.3) is 0 Å². The van der Waals surface area contributed by atoms with Crippen LogP contribution in [-0.2, 0) is 0 Å². The Bertz CT molecular complexity index is 511. The fourth-order valence-corrected chi connectivity index (χ4v) is 1.63. The van der Waals surface area contributed by atoms with Crippen molar-refractivity contribution >= 4 is 23.8 Å². The monoisotopic (exact) mass is 259 g/mol. The molecule has 0 saturated heterocycles. The van der Waals surface area contributed by atoms with Gasteiger partial charge in [-0.3, -0.25) is 4.98 Å². The minimum absolute atomic E-state index is 0.484. The topological polar surface area (TPSA) is 22.1 Å². The minimum atomic E-state index is 0.484. The van der Waals surface area contributed by atoms with Crippen molar-refractivity contribution in [2.45, 2.75) is 0 Å². The van der Waals surface area contributed by atoms with Gasteiger partial charge in [-0.05, 0) is 30.4 Å². The lowest BCUT2D eigenvalue weighted by molar-refractivity contribution is 0.342. The van der Waals surface area contributed by atoms with Gasteiger partial charge in [0, 0.05) is 11.8 Å². The van der Waals surface area contributed by atoms with Crippen LogP contribution in [0.4, 0.5) is 0 Å². The number of alkyl halides is 1. The van der Waals surface area contributed by atoms with Gasteiger partial charge in [-0.2, -0.15) is 0 Å². The second-order valence-corrected chi connectivity index (χ2v) is 4.04. The third-order valence-electron chi connectivity index (χ3n) is 2.38. The number of pyridine rings is 1. The Morgan fingerprint density at radius 3 is 2.67 bits per heavy atom. The van der Waals surface area contributed by atoms with Gasteiger partial charge in [-0.15, -0.1) is 11.6 Å². The average molecular weight is 260 g/mol. The van der Waals surface area contributed by atoms with Crippen LogP contribution in [0, 0.1) is 0 Å². The molecule has 0 bridgehead atoms. The molecule has 0 aliphatic heterocycles. The molecule has 3 heteroatoms. The van der Waals surface area contributed by atoms with Crippen LogP contribution in [0.2, 0.25) is 0 Å². The summed E-state index contributed by atoms with van der Waals surface area (Å²) in [7, 11) is 0. The molecule has 18 heavy (non-hydrogen) atoms. The van der Waals surface area contributed by atoms with Gasteiger partial charge in [0.1, 0.15) is 12.4 Å². The van der Waals surface area contributed by atoms with Gasteiger partial charge in [0.2, 0.25) is 0 Å². The zero-order chi connectivity index (χ0) is 12.6. The molecule has 0 amide bonds. The predicted molar refractivity (Wildman–Crippen MR) is 75.8 cm³/mol. The van der Waals surface area contributed by atoms with Crippen LogP contribution in [0.15, 0.2) is 48.7 Å². The van der Waals surface area contributed by atoms with Crippen molar-refractivity contribution < 1.29 is 4.74 Å². The highest BCUT2D eigenvalue weighted by molar-refractivity contribution is 6.18.